The topological polar surface area (TPSA) is 90.3 Å². The van der Waals surface area contributed by atoms with E-state index in [4.69, 9.17) is 5.26 Å². The first kappa shape index (κ1) is 17.0. The maximum Gasteiger partial charge on any atom is 0.254 e. The molecule has 0 bridgehead atoms. The van der Waals surface area contributed by atoms with Gasteiger partial charge in [0.2, 0.25) is 0 Å². The molecule has 0 aliphatic carbocycles. The average molecular weight is 333 g/mol. The Morgan fingerprint density at radius 1 is 1.65 bits per heavy atom. The van der Waals surface area contributed by atoms with Gasteiger partial charge in [0.15, 0.2) is 6.19 Å². The summed E-state index contributed by atoms with van der Waals surface area (Å²) in [6.07, 6.45) is 3.52. The summed E-state index contributed by atoms with van der Waals surface area (Å²) in [6.45, 7) is 1.87. The number of hydrogen-bond acceptors (Lipinski definition) is 6. The molecule has 0 aromatic carbocycles. The van der Waals surface area contributed by atoms with Gasteiger partial charge in [-0.1, -0.05) is 6.07 Å². The summed E-state index contributed by atoms with van der Waals surface area (Å²) in [4.78, 5) is 13.1. The van der Waals surface area contributed by atoms with Crippen molar-refractivity contribution < 1.29 is 13.2 Å². The summed E-state index contributed by atoms with van der Waals surface area (Å²) in [6, 6.07) is 2.14. The molecule has 6 nitrogen and oxygen atoms in total. The lowest BCUT2D eigenvalue weighted by atomic mass is 10.3. The highest BCUT2D eigenvalue weighted by Gasteiger charge is 2.29. The lowest BCUT2D eigenvalue weighted by Gasteiger charge is -2.20. The van der Waals surface area contributed by atoms with Crippen molar-refractivity contribution >= 4 is 39.0 Å². The van der Waals surface area contributed by atoms with E-state index in [9.17, 15) is 13.2 Å². The number of nitriles is 1. The molecule has 0 spiro atoms. The smallest absolute Gasteiger partial charge is 0.254 e. The maximum absolute atomic E-state index is 12.1. The van der Waals surface area contributed by atoms with Crippen LogP contribution in [0.2, 0.25) is 0 Å². The van der Waals surface area contributed by atoms with Crippen molar-refractivity contribution in [2.75, 3.05) is 18.6 Å². The highest BCUT2D eigenvalue weighted by Crippen LogP contribution is 2.16. The van der Waals surface area contributed by atoms with Gasteiger partial charge < -0.3 is 0 Å². The van der Waals surface area contributed by atoms with Crippen molar-refractivity contribution in [3.63, 3.8) is 0 Å². The molecule has 1 rings (SSSR count). The normalized spacial score (nSPS) is 12.7. The van der Waals surface area contributed by atoms with Gasteiger partial charge in [-0.05, 0) is 24.6 Å². The molecule has 9 heteroatoms. The van der Waals surface area contributed by atoms with Gasteiger partial charge in [0, 0.05) is 12.3 Å². The van der Waals surface area contributed by atoms with Crippen LogP contribution >= 0.6 is 23.1 Å². The number of carbonyl (C=O) groups is 1. The zero-order valence-corrected chi connectivity index (χ0v) is 13.5. The Morgan fingerprint density at radius 2 is 2.35 bits per heavy atom. The zero-order chi connectivity index (χ0) is 15.2. The molecule has 0 saturated carbocycles. The Morgan fingerprint density at radius 3 is 2.80 bits per heavy atom. The van der Waals surface area contributed by atoms with Gasteiger partial charge in [-0.15, -0.1) is 11.3 Å². The maximum atomic E-state index is 12.1. The second-order valence-corrected chi connectivity index (χ2v) is 7.54. The minimum absolute atomic E-state index is 0.149. The second kappa shape index (κ2) is 7.64. The SMILES string of the molecule is CCN(C#N)C(=O)C(CSC)NS(=O)(=O)c1cccs1. The molecule has 0 radical (unpaired) electrons. The van der Waals surface area contributed by atoms with Gasteiger partial charge in [-0.2, -0.15) is 21.7 Å². The van der Waals surface area contributed by atoms with Crippen LogP contribution in [0.3, 0.4) is 0 Å². The van der Waals surface area contributed by atoms with E-state index in [1.807, 2.05) is 0 Å². The fraction of sp³-hybridized carbons (Fsp3) is 0.455. The van der Waals surface area contributed by atoms with E-state index in [0.29, 0.717) is 0 Å². The molecule has 1 unspecified atom stereocenters. The molecule has 0 aliphatic rings. The highest BCUT2D eigenvalue weighted by molar-refractivity contribution is 7.98. The molecule has 1 aromatic rings. The Balaban J connectivity index is 2.93. The summed E-state index contributed by atoms with van der Waals surface area (Å²) < 4.78 is 26.8. The summed E-state index contributed by atoms with van der Waals surface area (Å²) in [5.74, 6) is -0.272. The number of nitrogens with one attached hydrogen (secondary N) is 1. The number of thiophene rings is 1. The minimum Gasteiger partial charge on any atom is -0.272 e. The van der Waals surface area contributed by atoms with E-state index < -0.39 is 22.0 Å². The van der Waals surface area contributed by atoms with Crippen molar-refractivity contribution in [2.24, 2.45) is 0 Å². The average Bonchev–Trinajstić information content (AvgIpc) is 2.94. The standard InChI is InChI=1S/C11H15N3O3S3/c1-3-14(8-12)11(15)9(7-18-2)13-20(16,17)10-5-4-6-19-10/h4-6,9,13H,3,7H2,1-2H3. The molecule has 1 amide bonds. The summed E-state index contributed by atoms with van der Waals surface area (Å²) in [7, 11) is -3.74. The van der Waals surface area contributed by atoms with Crippen LogP contribution in [0.15, 0.2) is 21.7 Å². The fourth-order valence-corrected chi connectivity index (χ4v) is 4.31. The van der Waals surface area contributed by atoms with Crippen LogP contribution in [0.5, 0.6) is 0 Å². The monoisotopic (exact) mass is 333 g/mol. The number of likely N-dealkylation sites (N-methyl/N-ethyl adjacent to an activating group) is 1. The Hall–Kier alpha value is -1.08. The summed E-state index contributed by atoms with van der Waals surface area (Å²) in [5, 5.41) is 10.5. The molecule has 0 fully saturated rings. The number of nitrogens with zero attached hydrogens (tertiary/aromatic N) is 2. The van der Waals surface area contributed by atoms with Crippen LogP contribution < -0.4 is 4.72 Å². The van der Waals surface area contributed by atoms with E-state index in [2.05, 4.69) is 4.72 Å². The van der Waals surface area contributed by atoms with Gasteiger partial charge in [0.25, 0.3) is 15.9 Å². The fourth-order valence-electron chi connectivity index (χ4n) is 1.45. The second-order valence-electron chi connectivity index (χ2n) is 3.74. The lowest BCUT2D eigenvalue weighted by molar-refractivity contribution is -0.129. The van der Waals surface area contributed by atoms with Crippen LogP contribution in [0.1, 0.15) is 6.92 Å². The molecular weight excluding hydrogens is 318 g/mol. The lowest BCUT2D eigenvalue weighted by Crippen LogP contribution is -2.48. The first-order chi connectivity index (χ1) is 9.46. The number of rotatable bonds is 7. The van der Waals surface area contributed by atoms with Crippen molar-refractivity contribution in [3.8, 4) is 6.19 Å². The number of sulfonamides is 1. The van der Waals surface area contributed by atoms with Crippen molar-refractivity contribution in [2.45, 2.75) is 17.2 Å². The van der Waals surface area contributed by atoms with Crippen molar-refractivity contribution in [1.29, 1.82) is 5.26 Å². The Labute approximate surface area is 126 Å². The van der Waals surface area contributed by atoms with Crippen LogP contribution in [0.4, 0.5) is 0 Å². The zero-order valence-electron chi connectivity index (χ0n) is 11.1. The van der Waals surface area contributed by atoms with E-state index in [1.54, 1.807) is 30.8 Å². The molecule has 1 atom stereocenters. The van der Waals surface area contributed by atoms with Crippen LogP contribution in [-0.2, 0) is 14.8 Å². The van der Waals surface area contributed by atoms with E-state index in [1.165, 1.54) is 17.8 Å². The quantitative estimate of drug-likeness (QED) is 0.596. The van der Waals surface area contributed by atoms with Gasteiger partial charge in [-0.25, -0.2) is 13.3 Å². The predicted octanol–water partition coefficient (Wildman–Crippen LogP) is 1.09. The van der Waals surface area contributed by atoms with Crippen LogP contribution in [0, 0.1) is 11.5 Å². The Bertz CT molecular complexity index is 578. The molecule has 20 heavy (non-hydrogen) atoms. The third-order valence-corrected chi connectivity index (χ3v) is 5.93. The minimum atomic E-state index is -3.74. The summed E-state index contributed by atoms with van der Waals surface area (Å²) in [5.41, 5.74) is 0. The third kappa shape index (κ3) is 4.21. The van der Waals surface area contributed by atoms with Crippen LogP contribution in [-0.4, -0.2) is 43.8 Å². The first-order valence-corrected chi connectivity index (χ1v) is 9.47. The van der Waals surface area contributed by atoms with Gasteiger partial charge >= 0.3 is 0 Å². The van der Waals surface area contributed by atoms with Crippen molar-refractivity contribution in [1.82, 2.24) is 9.62 Å². The molecule has 1 aromatic heterocycles. The van der Waals surface area contributed by atoms with E-state index >= 15 is 0 Å². The van der Waals surface area contributed by atoms with Crippen molar-refractivity contribution in [3.05, 3.63) is 17.5 Å². The molecule has 0 saturated heterocycles. The first-order valence-electron chi connectivity index (χ1n) is 5.72. The summed E-state index contributed by atoms with van der Waals surface area (Å²) >= 11 is 2.41. The molecule has 1 heterocycles. The van der Waals surface area contributed by atoms with E-state index in [-0.39, 0.29) is 16.5 Å². The predicted molar refractivity (Wildman–Crippen MR) is 79.8 cm³/mol. The third-order valence-electron chi connectivity index (χ3n) is 2.39. The number of carbonyl (C=O) groups excluding carboxylic acids is 1. The number of amides is 1. The molecule has 1 N–H and O–H groups in total. The highest BCUT2D eigenvalue weighted by atomic mass is 32.2. The largest absolute Gasteiger partial charge is 0.272 e. The van der Waals surface area contributed by atoms with Gasteiger partial charge in [-0.3, -0.25) is 4.79 Å². The molecule has 110 valence electrons. The number of thioether (sulfide) groups is 1. The number of hydrogen-bond donors (Lipinski definition) is 1. The molecule has 0 aliphatic heterocycles. The Kier molecular flexibility index (Phi) is 6.48. The van der Waals surface area contributed by atoms with Crippen LogP contribution in [0.25, 0.3) is 0 Å². The molecular formula is C11H15N3O3S3. The van der Waals surface area contributed by atoms with Gasteiger partial charge in [0.1, 0.15) is 10.3 Å². The van der Waals surface area contributed by atoms with Gasteiger partial charge in [0.05, 0.1) is 0 Å². The van der Waals surface area contributed by atoms with E-state index in [0.717, 1.165) is 16.2 Å².